The first-order chi connectivity index (χ1) is 8.77. The maximum Gasteiger partial charge on any atom is 0.253 e. The summed E-state index contributed by atoms with van der Waals surface area (Å²) in [7, 11) is 0. The largest absolute Gasteiger partial charge is 0.365 e. The predicted molar refractivity (Wildman–Crippen MR) is 79.0 cm³/mol. The molecule has 1 aliphatic heterocycles. The van der Waals surface area contributed by atoms with Crippen LogP contribution in [0.1, 0.15) is 22.5 Å². The lowest BCUT2D eigenvalue weighted by Crippen LogP contribution is -2.44. The van der Waals surface area contributed by atoms with Gasteiger partial charge in [0.25, 0.3) is 5.91 Å². The number of aromatic amines is 1. The van der Waals surface area contributed by atoms with E-state index < -0.39 is 0 Å². The molecule has 0 aromatic carbocycles. The van der Waals surface area contributed by atoms with Crippen molar-refractivity contribution < 1.29 is 4.79 Å². The fourth-order valence-electron chi connectivity index (χ4n) is 2.23. The van der Waals surface area contributed by atoms with Crippen molar-refractivity contribution in [3.8, 4) is 0 Å². The fraction of sp³-hybridized carbons (Fsp3) is 0.615. The zero-order valence-electron chi connectivity index (χ0n) is 11.4. The monoisotopic (exact) mass is 286 g/mol. The average Bonchev–Trinajstić information content (AvgIpc) is 2.82. The third-order valence-corrected chi connectivity index (χ3v) is 3.34. The minimum Gasteiger partial charge on any atom is -0.365 e. The summed E-state index contributed by atoms with van der Waals surface area (Å²) in [6.07, 6.45) is 2.81. The molecule has 1 aromatic rings. The number of carbonyl (C=O) groups excluding carboxylic acids is 1. The van der Waals surface area contributed by atoms with Gasteiger partial charge >= 0.3 is 0 Å². The molecule has 1 fully saturated rings. The van der Waals surface area contributed by atoms with E-state index in [2.05, 4.69) is 20.5 Å². The second-order valence-corrected chi connectivity index (χ2v) is 4.72. The summed E-state index contributed by atoms with van der Waals surface area (Å²) in [4.78, 5) is 17.3. The molecule has 0 saturated carbocycles. The van der Waals surface area contributed by atoms with Crippen LogP contribution < -0.4 is 10.6 Å². The number of nitrogens with one attached hydrogen (secondary N) is 3. The van der Waals surface area contributed by atoms with E-state index in [1.165, 1.54) is 0 Å². The van der Waals surface area contributed by atoms with Crippen molar-refractivity contribution in [2.24, 2.45) is 0 Å². The Labute approximate surface area is 120 Å². The number of H-pyrrole nitrogens is 1. The van der Waals surface area contributed by atoms with Gasteiger partial charge in [-0.1, -0.05) is 0 Å². The Hall–Kier alpha value is -1.04. The number of aromatic nitrogens is 1. The molecule has 0 atom stereocenters. The molecular formula is C13H23ClN4O. The quantitative estimate of drug-likeness (QED) is 0.701. The summed E-state index contributed by atoms with van der Waals surface area (Å²) in [5.74, 6) is 0.0223. The van der Waals surface area contributed by atoms with Crippen molar-refractivity contribution in [3.63, 3.8) is 0 Å². The summed E-state index contributed by atoms with van der Waals surface area (Å²) in [5.41, 5.74) is 1.67. The molecule has 2 rings (SSSR count). The molecule has 3 N–H and O–H groups in total. The smallest absolute Gasteiger partial charge is 0.253 e. The topological polar surface area (TPSA) is 60.2 Å². The van der Waals surface area contributed by atoms with Gasteiger partial charge < -0.3 is 20.5 Å². The van der Waals surface area contributed by atoms with Crippen LogP contribution in [0.4, 0.5) is 0 Å². The highest BCUT2D eigenvalue weighted by Crippen LogP contribution is 2.04. The number of amides is 1. The third-order valence-electron chi connectivity index (χ3n) is 3.34. The zero-order chi connectivity index (χ0) is 12.8. The van der Waals surface area contributed by atoms with E-state index in [1.54, 1.807) is 6.20 Å². The summed E-state index contributed by atoms with van der Waals surface area (Å²) < 4.78 is 0. The van der Waals surface area contributed by atoms with Gasteiger partial charge in [0.2, 0.25) is 0 Å². The number of carbonyl (C=O) groups is 1. The standard InChI is InChI=1S/C13H22N4O.ClH/c1-11-12(3-5-15-11)13(18)16-4-2-8-17-9-6-14-7-10-17;/h3,5,14-15H,2,4,6-10H2,1H3,(H,16,18);1H. The minimum absolute atomic E-state index is 0. The maximum absolute atomic E-state index is 11.8. The highest BCUT2D eigenvalue weighted by molar-refractivity contribution is 5.95. The van der Waals surface area contributed by atoms with Crippen molar-refractivity contribution in [1.29, 1.82) is 0 Å². The van der Waals surface area contributed by atoms with E-state index in [9.17, 15) is 4.79 Å². The molecule has 5 nitrogen and oxygen atoms in total. The van der Waals surface area contributed by atoms with Gasteiger partial charge in [-0.05, 0) is 26.0 Å². The van der Waals surface area contributed by atoms with Crippen LogP contribution in [0.2, 0.25) is 0 Å². The molecule has 1 aromatic heterocycles. The first kappa shape index (κ1) is 16.0. The normalized spacial score (nSPS) is 15.8. The van der Waals surface area contributed by atoms with Gasteiger partial charge in [-0.3, -0.25) is 4.79 Å². The van der Waals surface area contributed by atoms with Crippen molar-refractivity contribution in [2.75, 3.05) is 39.3 Å². The summed E-state index contributed by atoms with van der Waals surface area (Å²) >= 11 is 0. The molecule has 19 heavy (non-hydrogen) atoms. The Morgan fingerprint density at radius 1 is 1.42 bits per heavy atom. The number of piperazine rings is 1. The minimum atomic E-state index is 0. The van der Waals surface area contributed by atoms with E-state index in [-0.39, 0.29) is 18.3 Å². The Balaban J connectivity index is 0.00000180. The molecule has 1 amide bonds. The molecule has 108 valence electrons. The van der Waals surface area contributed by atoms with Crippen LogP contribution in [0.3, 0.4) is 0 Å². The highest BCUT2D eigenvalue weighted by Gasteiger charge is 2.10. The van der Waals surface area contributed by atoms with E-state index in [1.807, 2.05) is 13.0 Å². The third kappa shape index (κ3) is 4.86. The van der Waals surface area contributed by atoms with E-state index in [0.717, 1.165) is 56.9 Å². The van der Waals surface area contributed by atoms with Gasteiger partial charge in [0.15, 0.2) is 0 Å². The molecule has 6 heteroatoms. The number of aryl methyl sites for hydroxylation is 1. The number of rotatable bonds is 5. The van der Waals surface area contributed by atoms with Gasteiger partial charge in [0.05, 0.1) is 5.56 Å². The van der Waals surface area contributed by atoms with Crippen LogP contribution in [0.15, 0.2) is 12.3 Å². The van der Waals surface area contributed by atoms with E-state index in [0.29, 0.717) is 0 Å². The van der Waals surface area contributed by atoms with E-state index >= 15 is 0 Å². The Morgan fingerprint density at radius 3 is 2.79 bits per heavy atom. The first-order valence-corrected chi connectivity index (χ1v) is 6.62. The predicted octanol–water partition coefficient (Wildman–Crippen LogP) is 0.770. The molecule has 0 spiro atoms. The fourth-order valence-corrected chi connectivity index (χ4v) is 2.23. The second-order valence-electron chi connectivity index (χ2n) is 4.72. The highest BCUT2D eigenvalue weighted by atomic mass is 35.5. The number of hydrogen-bond donors (Lipinski definition) is 3. The van der Waals surface area contributed by atoms with Gasteiger partial charge in [-0.15, -0.1) is 12.4 Å². The summed E-state index contributed by atoms with van der Waals surface area (Å²) in [5, 5.41) is 6.30. The molecule has 0 bridgehead atoms. The molecular weight excluding hydrogens is 264 g/mol. The number of nitrogens with zero attached hydrogens (tertiary/aromatic N) is 1. The van der Waals surface area contributed by atoms with Crippen LogP contribution in [0, 0.1) is 6.92 Å². The second kappa shape index (κ2) is 8.19. The average molecular weight is 287 g/mol. The van der Waals surface area contributed by atoms with E-state index in [4.69, 9.17) is 0 Å². The summed E-state index contributed by atoms with van der Waals surface area (Å²) in [6.45, 7) is 8.11. The van der Waals surface area contributed by atoms with Crippen molar-refractivity contribution in [3.05, 3.63) is 23.5 Å². The lowest BCUT2D eigenvalue weighted by Gasteiger charge is -2.27. The van der Waals surface area contributed by atoms with Gasteiger partial charge in [0.1, 0.15) is 0 Å². The lowest BCUT2D eigenvalue weighted by atomic mass is 10.2. The lowest BCUT2D eigenvalue weighted by molar-refractivity contribution is 0.0951. The van der Waals surface area contributed by atoms with Crippen molar-refractivity contribution in [2.45, 2.75) is 13.3 Å². The number of hydrogen-bond acceptors (Lipinski definition) is 3. The van der Waals surface area contributed by atoms with Gasteiger partial charge in [-0.25, -0.2) is 0 Å². The van der Waals surface area contributed by atoms with Crippen molar-refractivity contribution in [1.82, 2.24) is 20.5 Å². The van der Waals surface area contributed by atoms with Crippen molar-refractivity contribution >= 4 is 18.3 Å². The summed E-state index contributed by atoms with van der Waals surface area (Å²) in [6, 6.07) is 1.82. The maximum atomic E-state index is 11.8. The van der Waals surface area contributed by atoms with Crippen LogP contribution >= 0.6 is 12.4 Å². The van der Waals surface area contributed by atoms with Gasteiger partial charge in [-0.2, -0.15) is 0 Å². The van der Waals surface area contributed by atoms with Crippen LogP contribution in [0.25, 0.3) is 0 Å². The Bertz CT molecular complexity index is 388. The molecule has 0 radical (unpaired) electrons. The zero-order valence-corrected chi connectivity index (χ0v) is 12.2. The number of halogens is 1. The molecule has 1 saturated heterocycles. The van der Waals surface area contributed by atoms with Gasteiger partial charge in [0, 0.05) is 44.6 Å². The Morgan fingerprint density at radius 2 is 2.16 bits per heavy atom. The molecule has 1 aliphatic rings. The first-order valence-electron chi connectivity index (χ1n) is 6.62. The molecule has 2 heterocycles. The Kier molecular flexibility index (Phi) is 6.91. The molecule has 0 unspecified atom stereocenters. The van der Waals surface area contributed by atoms with Crippen LogP contribution in [0.5, 0.6) is 0 Å². The SMILES string of the molecule is Cc1[nH]ccc1C(=O)NCCCN1CCNCC1.Cl. The molecule has 0 aliphatic carbocycles. The van der Waals surface area contributed by atoms with Crippen LogP contribution in [-0.4, -0.2) is 55.1 Å². The van der Waals surface area contributed by atoms with Crippen LogP contribution in [-0.2, 0) is 0 Å².